The van der Waals surface area contributed by atoms with Crippen LogP contribution >= 0.6 is 0 Å². The van der Waals surface area contributed by atoms with Gasteiger partial charge in [-0.25, -0.2) is 0 Å². The molecule has 0 spiro atoms. The summed E-state index contributed by atoms with van der Waals surface area (Å²) < 4.78 is 0. The van der Waals surface area contributed by atoms with Crippen LogP contribution in [0.2, 0.25) is 0 Å². The largest absolute Gasteiger partial charge is 0.313 e. The summed E-state index contributed by atoms with van der Waals surface area (Å²) >= 11 is 0. The minimum Gasteiger partial charge on any atom is -0.313 e. The molecule has 1 fully saturated rings. The monoisotopic (exact) mass is 240 g/mol. The smallest absolute Gasteiger partial charge is 0.0166 e. The maximum Gasteiger partial charge on any atom is 0.0166 e. The molecule has 0 aliphatic carbocycles. The van der Waals surface area contributed by atoms with Gasteiger partial charge in [0, 0.05) is 12.6 Å². The van der Waals surface area contributed by atoms with E-state index >= 15 is 0 Å². The Morgan fingerprint density at radius 3 is 2.29 bits per heavy atom. The highest BCUT2D eigenvalue weighted by molar-refractivity contribution is 4.81. The molecule has 1 atom stereocenters. The predicted octanol–water partition coefficient (Wildman–Crippen LogP) is 3.13. The zero-order valence-corrected chi connectivity index (χ0v) is 12.6. The summed E-state index contributed by atoms with van der Waals surface area (Å²) in [5.41, 5.74) is 0.498. The molecule has 2 heteroatoms. The summed E-state index contributed by atoms with van der Waals surface area (Å²) in [4.78, 5) is 2.63. The van der Waals surface area contributed by atoms with E-state index in [1.54, 1.807) is 0 Å². The zero-order chi connectivity index (χ0) is 12.9. The highest BCUT2D eigenvalue weighted by Gasteiger charge is 2.28. The highest BCUT2D eigenvalue weighted by Crippen LogP contribution is 2.34. The maximum absolute atomic E-state index is 3.58. The molecule has 1 rings (SSSR count). The Morgan fingerprint density at radius 1 is 1.24 bits per heavy atom. The lowest BCUT2D eigenvalue weighted by Gasteiger charge is -2.39. The maximum atomic E-state index is 3.58. The molecule has 17 heavy (non-hydrogen) atoms. The second-order valence-electron chi connectivity index (χ2n) is 6.80. The quantitative estimate of drug-likeness (QED) is 0.794. The zero-order valence-electron chi connectivity index (χ0n) is 12.6. The molecular formula is C15H32N2. The van der Waals surface area contributed by atoms with E-state index in [1.165, 1.54) is 38.9 Å². The van der Waals surface area contributed by atoms with Crippen LogP contribution < -0.4 is 5.32 Å². The number of hydrogen-bond donors (Lipinski definition) is 1. The van der Waals surface area contributed by atoms with Gasteiger partial charge in [0.25, 0.3) is 0 Å². The fraction of sp³-hybridized carbons (Fsp3) is 1.00. The fourth-order valence-corrected chi connectivity index (χ4v) is 2.82. The second-order valence-corrected chi connectivity index (χ2v) is 6.80. The Balaban J connectivity index is 2.23. The Morgan fingerprint density at radius 2 is 1.82 bits per heavy atom. The van der Waals surface area contributed by atoms with E-state index in [1.807, 2.05) is 0 Å². The van der Waals surface area contributed by atoms with Crippen molar-refractivity contribution in [2.24, 2.45) is 11.3 Å². The van der Waals surface area contributed by atoms with E-state index in [0.717, 1.165) is 12.5 Å². The van der Waals surface area contributed by atoms with Gasteiger partial charge in [0.05, 0.1) is 0 Å². The molecule has 1 aliphatic rings. The molecule has 0 aromatic rings. The third-order valence-corrected chi connectivity index (χ3v) is 4.09. The summed E-state index contributed by atoms with van der Waals surface area (Å²) in [5.74, 6) is 0.914. The van der Waals surface area contributed by atoms with E-state index in [9.17, 15) is 0 Å². The van der Waals surface area contributed by atoms with Gasteiger partial charge in [-0.2, -0.15) is 0 Å². The molecule has 1 unspecified atom stereocenters. The number of nitrogens with one attached hydrogen (secondary N) is 1. The number of piperidine rings is 1. The molecule has 1 heterocycles. The molecule has 1 N–H and O–H groups in total. The minimum atomic E-state index is 0.498. The number of rotatable bonds is 5. The summed E-state index contributed by atoms with van der Waals surface area (Å²) in [5, 5.41) is 3.58. The van der Waals surface area contributed by atoms with Crippen LogP contribution in [-0.4, -0.2) is 37.1 Å². The Bertz CT molecular complexity index is 199. The molecule has 0 aromatic carbocycles. The van der Waals surface area contributed by atoms with Crippen LogP contribution in [0.25, 0.3) is 0 Å². The van der Waals surface area contributed by atoms with E-state index in [2.05, 4.69) is 44.8 Å². The van der Waals surface area contributed by atoms with Gasteiger partial charge in [-0.05, 0) is 57.2 Å². The summed E-state index contributed by atoms with van der Waals surface area (Å²) in [7, 11) is 0. The Labute approximate surface area is 108 Å². The SMILES string of the molecule is CCCNC(C)CN1CCC(C(C)(C)C)CC1. The van der Waals surface area contributed by atoms with E-state index < -0.39 is 0 Å². The first-order chi connectivity index (χ1) is 7.93. The minimum absolute atomic E-state index is 0.498. The van der Waals surface area contributed by atoms with Crippen molar-refractivity contribution in [1.82, 2.24) is 10.2 Å². The molecule has 0 aromatic heterocycles. The van der Waals surface area contributed by atoms with E-state index in [-0.39, 0.29) is 0 Å². The van der Waals surface area contributed by atoms with Crippen molar-refractivity contribution >= 4 is 0 Å². The van der Waals surface area contributed by atoms with Crippen LogP contribution in [0.5, 0.6) is 0 Å². The van der Waals surface area contributed by atoms with Crippen LogP contribution in [0, 0.1) is 11.3 Å². The average Bonchev–Trinajstić information content (AvgIpc) is 2.26. The number of likely N-dealkylation sites (tertiary alicyclic amines) is 1. The van der Waals surface area contributed by atoms with Crippen molar-refractivity contribution in [1.29, 1.82) is 0 Å². The van der Waals surface area contributed by atoms with Gasteiger partial charge >= 0.3 is 0 Å². The first-order valence-corrected chi connectivity index (χ1v) is 7.39. The topological polar surface area (TPSA) is 15.3 Å². The molecule has 0 bridgehead atoms. The third kappa shape index (κ3) is 5.39. The van der Waals surface area contributed by atoms with Crippen molar-refractivity contribution < 1.29 is 0 Å². The lowest BCUT2D eigenvalue weighted by molar-refractivity contribution is 0.106. The first kappa shape index (κ1) is 15.0. The normalized spacial score (nSPS) is 21.7. The van der Waals surface area contributed by atoms with Crippen LogP contribution in [0.1, 0.15) is 53.9 Å². The molecule has 0 saturated carbocycles. The van der Waals surface area contributed by atoms with Crippen molar-refractivity contribution in [3.8, 4) is 0 Å². The first-order valence-electron chi connectivity index (χ1n) is 7.39. The predicted molar refractivity (Wildman–Crippen MR) is 76.4 cm³/mol. The summed E-state index contributed by atoms with van der Waals surface area (Å²) in [6.45, 7) is 16.7. The van der Waals surface area contributed by atoms with Gasteiger partial charge in [-0.15, -0.1) is 0 Å². The molecular weight excluding hydrogens is 208 g/mol. The van der Waals surface area contributed by atoms with Crippen molar-refractivity contribution in [3.63, 3.8) is 0 Å². The van der Waals surface area contributed by atoms with E-state index in [4.69, 9.17) is 0 Å². The lowest BCUT2D eigenvalue weighted by atomic mass is 9.75. The van der Waals surface area contributed by atoms with Gasteiger partial charge in [0.1, 0.15) is 0 Å². The van der Waals surface area contributed by atoms with Crippen LogP contribution in [0.15, 0.2) is 0 Å². The standard InChI is InChI=1S/C15H32N2/c1-6-9-16-13(2)12-17-10-7-14(8-11-17)15(3,4)5/h13-14,16H,6-12H2,1-5H3. The summed E-state index contributed by atoms with van der Waals surface area (Å²) in [6, 6.07) is 0.640. The molecule has 1 saturated heterocycles. The van der Waals surface area contributed by atoms with Gasteiger partial charge in [0.2, 0.25) is 0 Å². The molecule has 1 aliphatic heterocycles. The highest BCUT2D eigenvalue weighted by atomic mass is 15.2. The molecule has 0 amide bonds. The van der Waals surface area contributed by atoms with Crippen molar-refractivity contribution in [2.45, 2.75) is 59.9 Å². The average molecular weight is 240 g/mol. The number of nitrogens with zero attached hydrogens (tertiary/aromatic N) is 1. The second kappa shape index (κ2) is 6.75. The van der Waals surface area contributed by atoms with Gasteiger partial charge in [-0.3, -0.25) is 0 Å². The summed E-state index contributed by atoms with van der Waals surface area (Å²) in [6.07, 6.45) is 3.99. The van der Waals surface area contributed by atoms with Gasteiger partial charge in [0.15, 0.2) is 0 Å². The van der Waals surface area contributed by atoms with Crippen LogP contribution in [0.4, 0.5) is 0 Å². The third-order valence-electron chi connectivity index (χ3n) is 4.09. The molecule has 2 nitrogen and oxygen atoms in total. The molecule has 0 radical (unpaired) electrons. The Kier molecular flexibility index (Phi) is 5.94. The molecule has 102 valence electrons. The van der Waals surface area contributed by atoms with Crippen LogP contribution in [0.3, 0.4) is 0 Å². The van der Waals surface area contributed by atoms with Gasteiger partial charge < -0.3 is 10.2 Å². The Hall–Kier alpha value is -0.0800. The fourth-order valence-electron chi connectivity index (χ4n) is 2.82. The lowest BCUT2D eigenvalue weighted by Crippen LogP contribution is -2.44. The van der Waals surface area contributed by atoms with E-state index in [0.29, 0.717) is 11.5 Å². The van der Waals surface area contributed by atoms with Crippen LogP contribution in [-0.2, 0) is 0 Å². The van der Waals surface area contributed by atoms with Gasteiger partial charge in [-0.1, -0.05) is 27.7 Å². The number of hydrogen-bond acceptors (Lipinski definition) is 2. The van der Waals surface area contributed by atoms with Crippen molar-refractivity contribution in [2.75, 3.05) is 26.2 Å². The van der Waals surface area contributed by atoms with Crippen molar-refractivity contribution in [3.05, 3.63) is 0 Å².